The summed E-state index contributed by atoms with van der Waals surface area (Å²) < 4.78 is 23.2. The highest BCUT2D eigenvalue weighted by atomic mass is 32.2. The van der Waals surface area contributed by atoms with E-state index in [4.69, 9.17) is 0 Å². The molecule has 2 unspecified atom stereocenters. The highest BCUT2D eigenvalue weighted by Gasteiger charge is 2.57. The minimum Gasteiger partial charge on any atom is -0.506 e. The number of phenolic OH excluding ortho intramolecular Hbond substituents is 1. The van der Waals surface area contributed by atoms with E-state index >= 15 is 0 Å². The van der Waals surface area contributed by atoms with Gasteiger partial charge in [0.1, 0.15) is 11.0 Å². The van der Waals surface area contributed by atoms with E-state index in [9.17, 15) is 18.3 Å². The van der Waals surface area contributed by atoms with E-state index in [-0.39, 0.29) is 12.3 Å². The van der Waals surface area contributed by atoms with Crippen LogP contribution in [0.2, 0.25) is 0 Å². The molecule has 2 atom stereocenters. The largest absolute Gasteiger partial charge is 0.506 e. The van der Waals surface area contributed by atoms with Crippen molar-refractivity contribution >= 4 is 21.4 Å². The Labute approximate surface area is 98.6 Å². The highest BCUT2D eigenvalue weighted by molar-refractivity contribution is 7.95. The first-order valence-corrected chi connectivity index (χ1v) is 6.95. The van der Waals surface area contributed by atoms with Gasteiger partial charge in [0.2, 0.25) is 5.91 Å². The summed E-state index contributed by atoms with van der Waals surface area (Å²) in [6.45, 7) is 0.148. The molecule has 2 bridgehead atoms. The van der Waals surface area contributed by atoms with Crippen LogP contribution in [-0.2, 0) is 14.6 Å². The zero-order valence-corrected chi connectivity index (χ0v) is 9.72. The molecular weight excluding hydrogens is 242 g/mol. The Balaban J connectivity index is 1.99. The first-order valence-electron chi connectivity index (χ1n) is 5.34. The molecule has 90 valence electrons. The number of anilines is 1. The van der Waals surface area contributed by atoms with E-state index in [1.54, 1.807) is 18.2 Å². The third kappa shape index (κ3) is 1.30. The van der Waals surface area contributed by atoms with Gasteiger partial charge >= 0.3 is 0 Å². The molecule has 1 aromatic rings. The number of piperidine rings is 1. The van der Waals surface area contributed by atoms with Crippen molar-refractivity contribution in [2.45, 2.75) is 16.9 Å². The number of amides is 1. The second-order valence-electron chi connectivity index (χ2n) is 4.37. The van der Waals surface area contributed by atoms with Gasteiger partial charge in [0.25, 0.3) is 0 Å². The number of carbonyl (C=O) groups excluding carboxylic acids is 1. The van der Waals surface area contributed by atoms with Gasteiger partial charge in [-0.2, -0.15) is 0 Å². The molecule has 3 saturated heterocycles. The van der Waals surface area contributed by atoms with Gasteiger partial charge in [0.05, 0.1) is 10.9 Å². The maximum atomic E-state index is 12.0. The van der Waals surface area contributed by atoms with E-state index < -0.39 is 26.2 Å². The zero-order valence-electron chi connectivity index (χ0n) is 8.91. The van der Waals surface area contributed by atoms with Gasteiger partial charge < -0.3 is 10.0 Å². The molecule has 6 heteroatoms. The van der Waals surface area contributed by atoms with Crippen LogP contribution in [0.4, 0.5) is 5.69 Å². The van der Waals surface area contributed by atoms with E-state index in [1.807, 2.05) is 0 Å². The van der Waals surface area contributed by atoms with Gasteiger partial charge in [-0.15, -0.1) is 0 Å². The second kappa shape index (κ2) is 3.22. The number of rotatable bonds is 1. The van der Waals surface area contributed by atoms with Crippen LogP contribution in [0.1, 0.15) is 6.42 Å². The minimum atomic E-state index is -3.24. The molecule has 0 saturated carbocycles. The lowest BCUT2D eigenvalue weighted by molar-refractivity contribution is -0.119. The number of carbonyl (C=O) groups is 1. The third-order valence-corrected chi connectivity index (χ3v) is 5.90. The number of para-hydroxylation sites is 2. The fraction of sp³-hybridized carbons (Fsp3) is 0.364. The number of fused-ring (bicyclic) bond motifs is 2. The number of nitrogens with zero attached hydrogens (tertiary/aromatic N) is 1. The average Bonchev–Trinajstić information content (AvgIpc) is 2.29. The van der Waals surface area contributed by atoms with Crippen LogP contribution in [0.5, 0.6) is 5.75 Å². The molecule has 17 heavy (non-hydrogen) atoms. The Hall–Kier alpha value is -1.56. The number of benzene rings is 1. The number of hydrogen-bond acceptors (Lipinski definition) is 4. The monoisotopic (exact) mass is 253 g/mol. The summed E-state index contributed by atoms with van der Waals surface area (Å²) in [6, 6.07) is 6.46. The molecule has 3 aliphatic rings. The summed E-state index contributed by atoms with van der Waals surface area (Å²) in [6.07, 6.45) is 0.422. The lowest BCUT2D eigenvalue weighted by Crippen LogP contribution is -2.65. The Bertz CT molecular complexity index is 595. The molecule has 1 N–H and O–H groups in total. The zero-order chi connectivity index (χ0) is 12.2. The SMILES string of the molecule is O=C1C2CC(CN1c1ccccc1O)S2(=O)=O. The minimum absolute atomic E-state index is 0.000419. The fourth-order valence-electron chi connectivity index (χ4n) is 2.41. The predicted octanol–water partition coefficient (Wildman–Crippen LogP) is 0.295. The van der Waals surface area contributed by atoms with Crippen molar-refractivity contribution < 1.29 is 18.3 Å². The van der Waals surface area contributed by atoms with Crippen molar-refractivity contribution in [1.82, 2.24) is 0 Å². The summed E-state index contributed by atoms with van der Waals surface area (Å²) in [5.74, 6) is -0.423. The molecule has 4 rings (SSSR count). The normalized spacial score (nSPS) is 29.9. The molecule has 3 aliphatic heterocycles. The summed E-state index contributed by atoms with van der Waals surface area (Å²) in [5.41, 5.74) is 0.391. The first kappa shape index (κ1) is 10.6. The van der Waals surface area contributed by atoms with Gasteiger partial charge in [-0.3, -0.25) is 4.79 Å². The molecular formula is C11H11NO4S. The van der Waals surface area contributed by atoms with Crippen molar-refractivity contribution in [1.29, 1.82) is 0 Å². The Morgan fingerprint density at radius 3 is 2.59 bits per heavy atom. The van der Waals surface area contributed by atoms with Crippen molar-refractivity contribution in [2.24, 2.45) is 0 Å². The summed E-state index contributed by atoms with van der Waals surface area (Å²) in [7, 11) is -3.24. The fourth-order valence-corrected chi connectivity index (χ4v) is 4.25. The van der Waals surface area contributed by atoms with Crippen LogP contribution in [0, 0.1) is 0 Å². The third-order valence-electron chi connectivity index (χ3n) is 3.44. The lowest BCUT2D eigenvalue weighted by atomic mass is 10.1. The lowest BCUT2D eigenvalue weighted by Gasteiger charge is -2.45. The van der Waals surface area contributed by atoms with E-state index in [2.05, 4.69) is 0 Å². The molecule has 5 nitrogen and oxygen atoms in total. The van der Waals surface area contributed by atoms with Gasteiger partial charge in [-0.05, 0) is 18.6 Å². The van der Waals surface area contributed by atoms with Gasteiger partial charge in [-0.25, -0.2) is 8.42 Å². The second-order valence-corrected chi connectivity index (χ2v) is 6.79. The maximum absolute atomic E-state index is 12.0. The molecule has 3 heterocycles. The van der Waals surface area contributed by atoms with Crippen LogP contribution in [0.3, 0.4) is 0 Å². The van der Waals surface area contributed by atoms with Crippen LogP contribution in [-0.4, -0.2) is 36.5 Å². The number of aromatic hydroxyl groups is 1. The average molecular weight is 253 g/mol. The van der Waals surface area contributed by atoms with Crippen LogP contribution in [0.15, 0.2) is 24.3 Å². The number of hydrogen-bond donors (Lipinski definition) is 1. The molecule has 0 aromatic heterocycles. The molecule has 3 fully saturated rings. The summed E-state index contributed by atoms with van der Waals surface area (Å²) in [5, 5.41) is 8.30. The van der Waals surface area contributed by atoms with Crippen molar-refractivity contribution in [3.63, 3.8) is 0 Å². The smallest absolute Gasteiger partial charge is 0.245 e. The Morgan fingerprint density at radius 1 is 1.29 bits per heavy atom. The van der Waals surface area contributed by atoms with Crippen molar-refractivity contribution in [3.8, 4) is 5.75 Å². The maximum Gasteiger partial charge on any atom is 0.245 e. The quantitative estimate of drug-likeness (QED) is 0.781. The Morgan fingerprint density at radius 2 is 2.00 bits per heavy atom. The standard InChI is InChI=1S/C11H11NO4S/c13-9-4-2-1-3-8(9)12-6-7-5-10(11(12)14)17(7,15)16/h1-4,7,10,13H,5-6H2. The molecule has 0 spiro atoms. The van der Waals surface area contributed by atoms with Crippen LogP contribution < -0.4 is 4.90 Å². The molecule has 1 amide bonds. The van der Waals surface area contributed by atoms with Gasteiger partial charge in [-0.1, -0.05) is 12.1 Å². The predicted molar refractivity (Wildman–Crippen MR) is 61.6 cm³/mol. The van der Waals surface area contributed by atoms with Gasteiger partial charge in [0.15, 0.2) is 9.84 Å². The van der Waals surface area contributed by atoms with E-state index in [0.717, 1.165) is 0 Å². The van der Waals surface area contributed by atoms with E-state index in [0.29, 0.717) is 12.1 Å². The molecule has 0 aliphatic carbocycles. The summed E-state index contributed by atoms with van der Waals surface area (Å²) >= 11 is 0. The number of phenols is 1. The summed E-state index contributed by atoms with van der Waals surface area (Å²) in [4.78, 5) is 13.3. The first-order chi connectivity index (χ1) is 8.01. The van der Waals surface area contributed by atoms with Crippen molar-refractivity contribution in [2.75, 3.05) is 11.4 Å². The highest BCUT2D eigenvalue weighted by Crippen LogP contribution is 2.40. The number of sulfone groups is 1. The molecule has 1 aromatic carbocycles. The van der Waals surface area contributed by atoms with Crippen LogP contribution in [0.25, 0.3) is 0 Å². The molecule has 0 radical (unpaired) electrons. The van der Waals surface area contributed by atoms with Crippen LogP contribution >= 0.6 is 0 Å². The van der Waals surface area contributed by atoms with E-state index in [1.165, 1.54) is 11.0 Å². The van der Waals surface area contributed by atoms with Gasteiger partial charge in [0, 0.05) is 6.54 Å². The van der Waals surface area contributed by atoms with Crippen molar-refractivity contribution in [3.05, 3.63) is 24.3 Å². The topological polar surface area (TPSA) is 74.7 Å². The Kier molecular flexibility index (Phi) is 2.01.